The van der Waals surface area contributed by atoms with Crippen molar-refractivity contribution in [3.63, 3.8) is 0 Å². The van der Waals surface area contributed by atoms with Gasteiger partial charge in [-0.05, 0) is 24.3 Å². The number of pyridine rings is 1. The highest BCUT2D eigenvalue weighted by molar-refractivity contribution is 7.17. The number of thiophene rings is 1. The summed E-state index contributed by atoms with van der Waals surface area (Å²) in [4.78, 5) is 16.0. The van der Waals surface area contributed by atoms with E-state index in [1.807, 2.05) is 0 Å². The Morgan fingerprint density at radius 3 is 2.89 bits per heavy atom. The van der Waals surface area contributed by atoms with Crippen LogP contribution in [-0.2, 0) is 0 Å². The first-order valence-electron chi connectivity index (χ1n) is 5.12. The van der Waals surface area contributed by atoms with Crippen molar-refractivity contribution in [1.82, 2.24) is 4.98 Å². The highest BCUT2D eigenvalue weighted by Gasteiger charge is 2.12. The predicted octanol–water partition coefficient (Wildman–Crippen LogP) is 3.27. The molecule has 0 atom stereocenters. The minimum atomic E-state index is -2.54. The lowest BCUT2D eigenvalue weighted by atomic mass is 10.3. The van der Waals surface area contributed by atoms with Gasteiger partial charge in [0.25, 0.3) is 6.43 Å². The number of ether oxygens (including phenoxy) is 1. The summed E-state index contributed by atoms with van der Waals surface area (Å²) < 4.78 is 29.3. The molecule has 3 nitrogen and oxygen atoms in total. The summed E-state index contributed by atoms with van der Waals surface area (Å²) >= 11 is 1.24. The van der Waals surface area contributed by atoms with Crippen LogP contribution >= 0.6 is 11.3 Å². The molecule has 2 rings (SSSR count). The van der Waals surface area contributed by atoms with Crippen molar-refractivity contribution in [2.45, 2.75) is 6.43 Å². The molecule has 0 saturated carbocycles. The zero-order valence-electron chi connectivity index (χ0n) is 9.18. The summed E-state index contributed by atoms with van der Waals surface area (Å²) in [6.45, 7) is -0.676. The van der Waals surface area contributed by atoms with Crippen LogP contribution in [0.1, 0.15) is 9.67 Å². The van der Waals surface area contributed by atoms with Crippen LogP contribution in [0.5, 0.6) is 5.75 Å². The number of aromatic nitrogens is 1. The molecule has 0 N–H and O–H groups in total. The number of aldehydes is 1. The lowest BCUT2D eigenvalue weighted by Crippen LogP contribution is -2.07. The highest BCUT2D eigenvalue weighted by Crippen LogP contribution is 2.32. The maximum Gasteiger partial charge on any atom is 0.272 e. The van der Waals surface area contributed by atoms with Crippen LogP contribution < -0.4 is 4.74 Å². The summed E-state index contributed by atoms with van der Waals surface area (Å²) in [6.07, 6.45) is -0.256. The van der Waals surface area contributed by atoms with Crippen LogP contribution in [0.4, 0.5) is 8.78 Å². The van der Waals surface area contributed by atoms with Gasteiger partial charge < -0.3 is 4.74 Å². The van der Waals surface area contributed by atoms with E-state index in [2.05, 4.69) is 4.98 Å². The molecule has 0 aliphatic heterocycles. The quantitative estimate of drug-likeness (QED) is 0.782. The molecule has 0 aliphatic rings. The van der Waals surface area contributed by atoms with E-state index in [0.717, 1.165) is 6.29 Å². The SMILES string of the molecule is O=Cc1ccc(-c2ncccc2OCC(F)F)s1. The molecule has 2 aromatic rings. The lowest BCUT2D eigenvalue weighted by molar-refractivity contribution is 0.0820. The molecule has 94 valence electrons. The standard InChI is InChI=1S/C12H9F2NO2S/c13-11(14)7-17-9-2-1-5-15-12(9)10-4-3-8(6-16)18-10/h1-6,11H,7H2. The Balaban J connectivity index is 2.29. The van der Waals surface area contributed by atoms with Gasteiger partial charge in [0.2, 0.25) is 0 Å². The molecule has 0 spiro atoms. The van der Waals surface area contributed by atoms with Crippen molar-refractivity contribution < 1.29 is 18.3 Å². The number of rotatable bonds is 5. The minimum Gasteiger partial charge on any atom is -0.485 e. The summed E-state index contributed by atoms with van der Waals surface area (Å²) in [7, 11) is 0. The van der Waals surface area contributed by atoms with E-state index in [1.165, 1.54) is 11.3 Å². The molecule has 2 heterocycles. The zero-order chi connectivity index (χ0) is 13.0. The van der Waals surface area contributed by atoms with Gasteiger partial charge >= 0.3 is 0 Å². The van der Waals surface area contributed by atoms with E-state index in [0.29, 0.717) is 15.4 Å². The molecular formula is C12H9F2NO2S. The van der Waals surface area contributed by atoms with E-state index >= 15 is 0 Å². The van der Waals surface area contributed by atoms with Crippen molar-refractivity contribution >= 4 is 17.6 Å². The van der Waals surface area contributed by atoms with Gasteiger partial charge in [-0.2, -0.15) is 0 Å². The van der Waals surface area contributed by atoms with Gasteiger partial charge in [0.15, 0.2) is 6.29 Å². The van der Waals surface area contributed by atoms with Gasteiger partial charge in [0, 0.05) is 6.20 Å². The number of halogens is 2. The number of alkyl halides is 2. The molecule has 0 aromatic carbocycles. The second-order valence-electron chi connectivity index (χ2n) is 3.37. The molecule has 0 bridgehead atoms. The third-order valence-electron chi connectivity index (χ3n) is 2.11. The first-order valence-corrected chi connectivity index (χ1v) is 5.93. The van der Waals surface area contributed by atoms with Crippen molar-refractivity contribution in [3.8, 4) is 16.3 Å². The molecule has 0 radical (unpaired) electrons. The number of carbonyl (C=O) groups excluding carboxylic acids is 1. The molecule has 0 unspecified atom stereocenters. The van der Waals surface area contributed by atoms with Crippen LogP contribution in [0.3, 0.4) is 0 Å². The fourth-order valence-electron chi connectivity index (χ4n) is 1.39. The first-order chi connectivity index (χ1) is 8.70. The minimum absolute atomic E-state index is 0.289. The van der Waals surface area contributed by atoms with Gasteiger partial charge in [-0.15, -0.1) is 11.3 Å². The zero-order valence-corrected chi connectivity index (χ0v) is 9.99. The molecule has 0 fully saturated rings. The third kappa shape index (κ3) is 2.89. The monoisotopic (exact) mass is 269 g/mol. The molecule has 6 heteroatoms. The van der Waals surface area contributed by atoms with Crippen LogP contribution in [0.2, 0.25) is 0 Å². The van der Waals surface area contributed by atoms with E-state index in [1.54, 1.807) is 30.5 Å². The molecule has 2 aromatic heterocycles. The van der Waals surface area contributed by atoms with E-state index in [9.17, 15) is 13.6 Å². The second-order valence-corrected chi connectivity index (χ2v) is 4.49. The Morgan fingerprint density at radius 2 is 2.22 bits per heavy atom. The fraction of sp³-hybridized carbons (Fsp3) is 0.167. The number of nitrogens with zero attached hydrogens (tertiary/aromatic N) is 1. The normalized spacial score (nSPS) is 10.6. The van der Waals surface area contributed by atoms with Crippen molar-refractivity contribution in [2.75, 3.05) is 6.61 Å². The lowest BCUT2D eigenvalue weighted by Gasteiger charge is -2.08. The Kier molecular flexibility index (Phi) is 3.99. The van der Waals surface area contributed by atoms with Crippen LogP contribution in [-0.4, -0.2) is 24.3 Å². The molecular weight excluding hydrogens is 260 g/mol. The number of hydrogen-bond acceptors (Lipinski definition) is 4. The van der Waals surface area contributed by atoms with Crippen molar-refractivity contribution in [1.29, 1.82) is 0 Å². The summed E-state index contributed by atoms with van der Waals surface area (Å²) in [5.41, 5.74) is 0.469. The Labute approximate surface area is 106 Å². The first kappa shape index (κ1) is 12.6. The van der Waals surface area contributed by atoms with Gasteiger partial charge in [0.05, 0.1) is 9.75 Å². The molecule has 0 aliphatic carbocycles. The third-order valence-corrected chi connectivity index (χ3v) is 3.13. The van der Waals surface area contributed by atoms with Crippen molar-refractivity contribution in [3.05, 3.63) is 35.3 Å². The average molecular weight is 269 g/mol. The summed E-state index contributed by atoms with van der Waals surface area (Å²) in [5.74, 6) is 0.289. The molecule has 0 amide bonds. The number of hydrogen-bond donors (Lipinski definition) is 0. The van der Waals surface area contributed by atoms with Crippen LogP contribution in [0.25, 0.3) is 10.6 Å². The number of carbonyl (C=O) groups is 1. The van der Waals surface area contributed by atoms with Gasteiger partial charge in [0.1, 0.15) is 18.1 Å². The summed E-state index contributed by atoms with van der Waals surface area (Å²) in [6, 6.07) is 6.55. The van der Waals surface area contributed by atoms with Crippen LogP contribution in [0.15, 0.2) is 30.5 Å². The maximum atomic E-state index is 12.1. The van der Waals surface area contributed by atoms with E-state index in [4.69, 9.17) is 4.74 Å². The molecule has 18 heavy (non-hydrogen) atoms. The average Bonchev–Trinajstić information content (AvgIpc) is 2.85. The predicted molar refractivity (Wildman–Crippen MR) is 64.4 cm³/mol. The van der Waals surface area contributed by atoms with E-state index in [-0.39, 0.29) is 5.75 Å². The fourth-order valence-corrected chi connectivity index (χ4v) is 2.21. The van der Waals surface area contributed by atoms with Gasteiger partial charge in [-0.1, -0.05) is 0 Å². The molecule has 0 saturated heterocycles. The second kappa shape index (κ2) is 5.68. The Hall–Kier alpha value is -1.82. The van der Waals surface area contributed by atoms with Gasteiger partial charge in [-0.25, -0.2) is 8.78 Å². The van der Waals surface area contributed by atoms with Crippen molar-refractivity contribution in [2.24, 2.45) is 0 Å². The summed E-state index contributed by atoms with van der Waals surface area (Å²) in [5, 5.41) is 0. The Morgan fingerprint density at radius 1 is 1.39 bits per heavy atom. The van der Waals surface area contributed by atoms with Gasteiger partial charge in [-0.3, -0.25) is 9.78 Å². The topological polar surface area (TPSA) is 39.2 Å². The highest BCUT2D eigenvalue weighted by atomic mass is 32.1. The smallest absolute Gasteiger partial charge is 0.272 e. The van der Waals surface area contributed by atoms with E-state index < -0.39 is 13.0 Å². The van der Waals surface area contributed by atoms with Crippen LogP contribution in [0, 0.1) is 0 Å². The largest absolute Gasteiger partial charge is 0.485 e. The Bertz CT molecular complexity index is 542. The maximum absolute atomic E-state index is 12.1.